The van der Waals surface area contributed by atoms with Crippen LogP contribution in [0.25, 0.3) is 0 Å². The van der Waals surface area contributed by atoms with Crippen LogP contribution in [0.1, 0.15) is 30.9 Å². The molecule has 1 atom stereocenters. The second-order valence-corrected chi connectivity index (χ2v) is 6.83. The lowest BCUT2D eigenvalue weighted by Crippen LogP contribution is -2.35. The van der Waals surface area contributed by atoms with Crippen LogP contribution in [0.3, 0.4) is 0 Å². The first-order chi connectivity index (χ1) is 9.03. The Morgan fingerprint density at radius 1 is 1.26 bits per heavy atom. The maximum absolute atomic E-state index is 12.2. The molecule has 0 radical (unpaired) electrons. The van der Waals surface area contributed by atoms with Crippen molar-refractivity contribution in [1.82, 2.24) is 4.72 Å². The summed E-state index contributed by atoms with van der Waals surface area (Å²) in [4.78, 5) is 0.358. The Hall–Kier alpha value is -0.910. The van der Waals surface area contributed by atoms with Crippen LogP contribution < -0.4 is 4.72 Å². The summed E-state index contributed by atoms with van der Waals surface area (Å²) in [6.07, 6.45) is 4.38. The summed E-state index contributed by atoms with van der Waals surface area (Å²) in [6.45, 7) is 2.16. The number of aryl methyl sites for hydroxylation is 2. The Kier molecular flexibility index (Phi) is 4.60. The lowest BCUT2D eigenvalue weighted by atomic mass is 9.92. The van der Waals surface area contributed by atoms with Crippen LogP contribution in [-0.4, -0.2) is 28.2 Å². The molecule has 0 aliphatic heterocycles. The Morgan fingerprint density at radius 3 is 2.63 bits per heavy atom. The van der Waals surface area contributed by atoms with E-state index in [1.807, 2.05) is 12.1 Å². The first kappa shape index (κ1) is 14.5. The van der Waals surface area contributed by atoms with Gasteiger partial charge in [0, 0.05) is 13.2 Å². The number of methoxy groups -OCH3 is 1. The summed E-state index contributed by atoms with van der Waals surface area (Å²) in [5, 5.41) is 0. The second kappa shape index (κ2) is 6.03. The molecule has 0 bridgehead atoms. The highest BCUT2D eigenvalue weighted by Gasteiger charge is 2.19. The molecule has 4 nitrogen and oxygen atoms in total. The maximum atomic E-state index is 12.2. The van der Waals surface area contributed by atoms with Gasteiger partial charge < -0.3 is 4.74 Å². The molecule has 5 heteroatoms. The number of hydrogen-bond acceptors (Lipinski definition) is 3. The van der Waals surface area contributed by atoms with E-state index in [9.17, 15) is 8.42 Å². The first-order valence-electron chi connectivity index (χ1n) is 6.66. The van der Waals surface area contributed by atoms with Crippen molar-refractivity contribution < 1.29 is 13.2 Å². The van der Waals surface area contributed by atoms with Crippen LogP contribution in [-0.2, 0) is 27.6 Å². The van der Waals surface area contributed by atoms with Crippen LogP contribution in [0.2, 0.25) is 0 Å². The Bertz CT molecular complexity index is 540. The van der Waals surface area contributed by atoms with Gasteiger partial charge in [-0.05, 0) is 55.9 Å². The number of nitrogens with one attached hydrogen (secondary N) is 1. The van der Waals surface area contributed by atoms with Gasteiger partial charge in [0.15, 0.2) is 0 Å². The fraction of sp³-hybridized carbons (Fsp3) is 0.571. The molecule has 0 aromatic heterocycles. The number of rotatable bonds is 5. The molecular formula is C14H21NO3S. The third kappa shape index (κ3) is 3.55. The third-order valence-corrected chi connectivity index (χ3v) is 4.99. The van der Waals surface area contributed by atoms with Crippen LogP contribution in [0, 0.1) is 0 Å². The molecule has 0 spiro atoms. The maximum Gasteiger partial charge on any atom is 0.240 e. The van der Waals surface area contributed by atoms with E-state index in [2.05, 4.69) is 4.72 Å². The molecular weight excluding hydrogens is 262 g/mol. The summed E-state index contributed by atoms with van der Waals surface area (Å²) < 4.78 is 32.0. The lowest BCUT2D eigenvalue weighted by molar-refractivity contribution is 0.180. The van der Waals surface area contributed by atoms with Crippen LogP contribution in [0.5, 0.6) is 0 Å². The topological polar surface area (TPSA) is 55.4 Å². The number of benzene rings is 1. The van der Waals surface area contributed by atoms with Crippen LogP contribution in [0.4, 0.5) is 0 Å². The normalized spacial score (nSPS) is 16.9. The van der Waals surface area contributed by atoms with Gasteiger partial charge in [0.25, 0.3) is 0 Å². The number of hydrogen-bond donors (Lipinski definition) is 1. The Morgan fingerprint density at radius 2 is 1.95 bits per heavy atom. The largest absolute Gasteiger partial charge is 0.383 e. The molecule has 0 fully saturated rings. The zero-order chi connectivity index (χ0) is 13.9. The van der Waals surface area contributed by atoms with Crippen molar-refractivity contribution in [3.63, 3.8) is 0 Å². The quantitative estimate of drug-likeness (QED) is 0.897. The Labute approximate surface area is 115 Å². The van der Waals surface area contributed by atoms with Crippen molar-refractivity contribution in [2.45, 2.75) is 43.5 Å². The zero-order valence-electron chi connectivity index (χ0n) is 11.5. The first-order valence-corrected chi connectivity index (χ1v) is 8.14. The molecule has 19 heavy (non-hydrogen) atoms. The van der Waals surface area contributed by atoms with Gasteiger partial charge in [-0.2, -0.15) is 0 Å². The Balaban J connectivity index is 2.21. The molecule has 106 valence electrons. The molecule has 0 heterocycles. The average Bonchev–Trinajstić information content (AvgIpc) is 2.37. The smallest absolute Gasteiger partial charge is 0.240 e. The van der Waals surface area contributed by atoms with Gasteiger partial charge in [-0.3, -0.25) is 0 Å². The molecule has 1 N–H and O–H groups in total. The fourth-order valence-electron chi connectivity index (χ4n) is 2.49. The van der Waals surface area contributed by atoms with E-state index < -0.39 is 10.0 Å². The lowest BCUT2D eigenvalue weighted by Gasteiger charge is -2.18. The third-order valence-electron chi connectivity index (χ3n) is 3.40. The van der Waals surface area contributed by atoms with Gasteiger partial charge in [-0.25, -0.2) is 13.1 Å². The van der Waals surface area contributed by atoms with E-state index in [-0.39, 0.29) is 6.04 Å². The molecule has 1 aromatic carbocycles. The van der Waals surface area contributed by atoms with Gasteiger partial charge >= 0.3 is 0 Å². The summed E-state index contributed by atoms with van der Waals surface area (Å²) in [5.41, 5.74) is 2.46. The minimum Gasteiger partial charge on any atom is -0.383 e. The predicted octanol–water partition coefficient (Wildman–Crippen LogP) is 1.88. The highest BCUT2D eigenvalue weighted by molar-refractivity contribution is 7.89. The molecule has 1 aliphatic rings. The minimum atomic E-state index is -3.45. The van der Waals surface area contributed by atoms with Gasteiger partial charge in [-0.1, -0.05) is 6.07 Å². The van der Waals surface area contributed by atoms with Gasteiger partial charge in [0.2, 0.25) is 10.0 Å². The molecule has 1 aliphatic carbocycles. The van der Waals surface area contributed by atoms with Crippen molar-refractivity contribution in [2.75, 3.05) is 13.7 Å². The van der Waals surface area contributed by atoms with E-state index in [0.717, 1.165) is 19.3 Å². The van der Waals surface area contributed by atoms with E-state index >= 15 is 0 Å². The van der Waals surface area contributed by atoms with Crippen LogP contribution >= 0.6 is 0 Å². The fourth-order valence-corrected chi connectivity index (χ4v) is 3.77. The summed E-state index contributed by atoms with van der Waals surface area (Å²) >= 11 is 0. The highest BCUT2D eigenvalue weighted by atomic mass is 32.2. The molecule has 0 saturated carbocycles. The van der Waals surface area contributed by atoms with Crippen molar-refractivity contribution in [2.24, 2.45) is 0 Å². The molecule has 2 rings (SSSR count). The van der Waals surface area contributed by atoms with Crippen molar-refractivity contribution in [3.8, 4) is 0 Å². The molecule has 1 aromatic rings. The summed E-state index contributed by atoms with van der Waals surface area (Å²) in [5.74, 6) is 0. The van der Waals surface area contributed by atoms with Crippen molar-refractivity contribution >= 4 is 10.0 Å². The van der Waals surface area contributed by atoms with Gasteiger partial charge in [0.05, 0.1) is 11.5 Å². The number of sulfonamides is 1. The highest BCUT2D eigenvalue weighted by Crippen LogP contribution is 2.24. The van der Waals surface area contributed by atoms with Gasteiger partial charge in [0.1, 0.15) is 0 Å². The van der Waals surface area contributed by atoms with E-state index in [4.69, 9.17) is 4.74 Å². The molecule has 1 unspecified atom stereocenters. The zero-order valence-corrected chi connectivity index (χ0v) is 12.3. The number of fused-ring (bicyclic) bond motifs is 1. The minimum absolute atomic E-state index is 0.231. The van der Waals surface area contributed by atoms with Crippen molar-refractivity contribution in [1.29, 1.82) is 0 Å². The molecule has 0 saturated heterocycles. The summed E-state index contributed by atoms with van der Waals surface area (Å²) in [7, 11) is -1.89. The average molecular weight is 283 g/mol. The van der Waals surface area contributed by atoms with E-state index in [0.29, 0.717) is 11.5 Å². The van der Waals surface area contributed by atoms with E-state index in [1.54, 1.807) is 20.1 Å². The van der Waals surface area contributed by atoms with Gasteiger partial charge in [-0.15, -0.1) is 0 Å². The number of ether oxygens (including phenoxy) is 1. The van der Waals surface area contributed by atoms with E-state index in [1.165, 1.54) is 17.5 Å². The van der Waals surface area contributed by atoms with Crippen LogP contribution in [0.15, 0.2) is 23.1 Å². The second-order valence-electron chi connectivity index (χ2n) is 5.12. The standard InChI is InChI=1S/C14H21NO3S/c1-11(10-18-2)15-19(16,17)14-8-7-12-5-3-4-6-13(12)9-14/h7-9,11,15H,3-6,10H2,1-2H3. The monoisotopic (exact) mass is 283 g/mol. The SMILES string of the molecule is COCC(C)NS(=O)(=O)c1ccc2c(c1)CCCC2. The van der Waals surface area contributed by atoms with Crippen molar-refractivity contribution in [3.05, 3.63) is 29.3 Å². The molecule has 0 amide bonds. The summed E-state index contributed by atoms with van der Waals surface area (Å²) in [6, 6.07) is 5.23. The predicted molar refractivity (Wildman–Crippen MR) is 74.7 cm³/mol.